The van der Waals surface area contributed by atoms with Crippen LogP contribution in [-0.2, 0) is 10.0 Å². The van der Waals surface area contributed by atoms with Crippen molar-refractivity contribution in [2.24, 2.45) is 5.92 Å². The highest BCUT2D eigenvalue weighted by Crippen LogP contribution is 2.09. The summed E-state index contributed by atoms with van der Waals surface area (Å²) in [5.74, 6) is 0.994. The molecular formula is C15H34N2O2S. The van der Waals surface area contributed by atoms with Crippen LogP contribution in [0.15, 0.2) is 0 Å². The van der Waals surface area contributed by atoms with E-state index in [1.807, 2.05) is 0 Å². The van der Waals surface area contributed by atoms with Gasteiger partial charge >= 0.3 is 0 Å². The van der Waals surface area contributed by atoms with Crippen molar-refractivity contribution in [2.75, 3.05) is 18.8 Å². The maximum Gasteiger partial charge on any atom is 0.211 e. The molecule has 4 nitrogen and oxygen atoms in total. The SMILES string of the molecule is CC(C)CCCCCCNS(=O)(=O)CCCNC(C)C. The quantitative estimate of drug-likeness (QED) is 0.514. The van der Waals surface area contributed by atoms with Crippen LogP contribution >= 0.6 is 0 Å². The Morgan fingerprint density at radius 1 is 0.850 bits per heavy atom. The van der Waals surface area contributed by atoms with Crippen LogP contribution in [0, 0.1) is 5.92 Å². The summed E-state index contributed by atoms with van der Waals surface area (Å²) >= 11 is 0. The van der Waals surface area contributed by atoms with E-state index in [0.717, 1.165) is 25.3 Å². The third kappa shape index (κ3) is 14.3. The Morgan fingerprint density at radius 2 is 1.50 bits per heavy atom. The van der Waals surface area contributed by atoms with Crippen LogP contribution in [0.2, 0.25) is 0 Å². The van der Waals surface area contributed by atoms with E-state index in [1.165, 1.54) is 19.3 Å². The van der Waals surface area contributed by atoms with Gasteiger partial charge in [0, 0.05) is 12.6 Å². The largest absolute Gasteiger partial charge is 0.314 e. The molecule has 5 heteroatoms. The lowest BCUT2D eigenvalue weighted by molar-refractivity contribution is 0.517. The molecule has 0 saturated carbocycles. The minimum absolute atomic E-state index is 0.222. The molecule has 0 aliphatic rings. The molecule has 0 spiro atoms. The topological polar surface area (TPSA) is 58.2 Å². The van der Waals surface area contributed by atoms with E-state index in [9.17, 15) is 8.42 Å². The number of rotatable bonds is 13. The van der Waals surface area contributed by atoms with Gasteiger partial charge < -0.3 is 5.32 Å². The van der Waals surface area contributed by atoms with E-state index < -0.39 is 10.0 Å². The molecule has 2 N–H and O–H groups in total. The third-order valence-corrected chi connectivity index (χ3v) is 4.64. The van der Waals surface area contributed by atoms with Crippen LogP contribution < -0.4 is 10.0 Å². The van der Waals surface area contributed by atoms with Crippen molar-refractivity contribution in [3.05, 3.63) is 0 Å². The monoisotopic (exact) mass is 306 g/mol. The van der Waals surface area contributed by atoms with Gasteiger partial charge in [0.25, 0.3) is 0 Å². The van der Waals surface area contributed by atoms with Gasteiger partial charge in [0.15, 0.2) is 0 Å². The lowest BCUT2D eigenvalue weighted by atomic mass is 10.0. The first kappa shape index (κ1) is 19.9. The second-order valence-corrected chi connectivity index (χ2v) is 8.20. The van der Waals surface area contributed by atoms with Crippen LogP contribution in [0.4, 0.5) is 0 Å². The standard InChI is InChI=1S/C15H34N2O2S/c1-14(2)10-7-5-6-8-12-17-20(18,19)13-9-11-16-15(3)4/h14-17H,5-13H2,1-4H3. The zero-order chi connectivity index (χ0) is 15.4. The van der Waals surface area contributed by atoms with Gasteiger partial charge in [0.05, 0.1) is 5.75 Å². The minimum atomic E-state index is -3.08. The summed E-state index contributed by atoms with van der Waals surface area (Å²) < 4.78 is 26.1. The molecule has 0 radical (unpaired) electrons. The second-order valence-electron chi connectivity index (χ2n) is 6.27. The first-order valence-electron chi connectivity index (χ1n) is 8.04. The summed E-state index contributed by atoms with van der Waals surface area (Å²) in [6, 6.07) is 0.413. The predicted molar refractivity (Wildman–Crippen MR) is 87.5 cm³/mol. The Balaban J connectivity index is 3.48. The molecule has 0 aromatic heterocycles. The molecule has 0 rings (SSSR count). The predicted octanol–water partition coefficient (Wildman–Crippen LogP) is 2.90. The fraction of sp³-hybridized carbons (Fsp3) is 1.00. The normalized spacial score (nSPS) is 12.5. The molecule has 0 saturated heterocycles. The lowest BCUT2D eigenvalue weighted by Crippen LogP contribution is -2.30. The Labute approximate surface area is 126 Å². The molecule has 122 valence electrons. The average Bonchev–Trinajstić information content (AvgIpc) is 2.33. The van der Waals surface area contributed by atoms with Gasteiger partial charge in [-0.05, 0) is 25.3 Å². The zero-order valence-electron chi connectivity index (χ0n) is 13.7. The van der Waals surface area contributed by atoms with Crippen LogP contribution in [0.3, 0.4) is 0 Å². The molecule has 0 amide bonds. The fourth-order valence-corrected chi connectivity index (χ4v) is 3.11. The highest BCUT2D eigenvalue weighted by atomic mass is 32.2. The van der Waals surface area contributed by atoms with Crippen LogP contribution in [-0.4, -0.2) is 33.3 Å². The van der Waals surface area contributed by atoms with Crippen LogP contribution in [0.5, 0.6) is 0 Å². The first-order valence-corrected chi connectivity index (χ1v) is 9.69. The summed E-state index contributed by atoms with van der Waals surface area (Å²) in [5.41, 5.74) is 0. The van der Waals surface area contributed by atoms with Gasteiger partial charge in [-0.15, -0.1) is 0 Å². The van der Waals surface area contributed by atoms with E-state index in [2.05, 4.69) is 37.7 Å². The highest BCUT2D eigenvalue weighted by molar-refractivity contribution is 7.89. The van der Waals surface area contributed by atoms with Crippen molar-refractivity contribution in [1.29, 1.82) is 0 Å². The molecule has 0 aromatic carbocycles. The van der Waals surface area contributed by atoms with Crippen molar-refractivity contribution >= 4 is 10.0 Å². The maximum absolute atomic E-state index is 11.7. The fourth-order valence-electron chi connectivity index (χ4n) is 1.98. The maximum atomic E-state index is 11.7. The van der Waals surface area contributed by atoms with Gasteiger partial charge in [0.2, 0.25) is 10.0 Å². The summed E-state index contributed by atoms with van der Waals surface area (Å²) in [4.78, 5) is 0. The summed E-state index contributed by atoms with van der Waals surface area (Å²) in [6.45, 7) is 9.94. The van der Waals surface area contributed by atoms with Crippen molar-refractivity contribution in [2.45, 2.75) is 72.3 Å². The van der Waals surface area contributed by atoms with Gasteiger partial charge in [-0.3, -0.25) is 0 Å². The zero-order valence-corrected chi connectivity index (χ0v) is 14.6. The molecule has 0 aliphatic heterocycles. The van der Waals surface area contributed by atoms with E-state index in [-0.39, 0.29) is 5.75 Å². The summed E-state index contributed by atoms with van der Waals surface area (Å²) in [5, 5.41) is 3.23. The Hall–Kier alpha value is -0.130. The van der Waals surface area contributed by atoms with Gasteiger partial charge in [-0.2, -0.15) is 0 Å². The van der Waals surface area contributed by atoms with E-state index >= 15 is 0 Å². The third-order valence-electron chi connectivity index (χ3n) is 3.17. The molecule has 20 heavy (non-hydrogen) atoms. The molecular weight excluding hydrogens is 272 g/mol. The van der Waals surface area contributed by atoms with Crippen molar-refractivity contribution in [3.8, 4) is 0 Å². The van der Waals surface area contributed by atoms with Crippen molar-refractivity contribution in [3.63, 3.8) is 0 Å². The molecule has 0 fully saturated rings. The first-order chi connectivity index (χ1) is 9.33. The Bertz CT molecular complexity index is 314. The Morgan fingerprint density at radius 3 is 2.10 bits per heavy atom. The molecule has 0 unspecified atom stereocenters. The molecule has 0 heterocycles. The molecule has 0 aromatic rings. The smallest absolute Gasteiger partial charge is 0.211 e. The van der Waals surface area contributed by atoms with Gasteiger partial charge in [0.1, 0.15) is 0 Å². The van der Waals surface area contributed by atoms with E-state index in [1.54, 1.807) is 0 Å². The highest BCUT2D eigenvalue weighted by Gasteiger charge is 2.08. The average molecular weight is 307 g/mol. The summed E-state index contributed by atoms with van der Waals surface area (Å²) in [6.07, 6.45) is 6.46. The second kappa shape index (κ2) is 11.5. The van der Waals surface area contributed by atoms with Crippen molar-refractivity contribution in [1.82, 2.24) is 10.0 Å². The van der Waals surface area contributed by atoms with E-state index in [0.29, 0.717) is 19.0 Å². The number of hydrogen-bond acceptors (Lipinski definition) is 3. The van der Waals surface area contributed by atoms with Crippen LogP contribution in [0.1, 0.15) is 66.2 Å². The minimum Gasteiger partial charge on any atom is -0.314 e. The van der Waals surface area contributed by atoms with Crippen LogP contribution in [0.25, 0.3) is 0 Å². The van der Waals surface area contributed by atoms with E-state index in [4.69, 9.17) is 0 Å². The number of nitrogens with one attached hydrogen (secondary N) is 2. The molecule has 0 bridgehead atoms. The summed E-state index contributed by atoms with van der Waals surface area (Å²) in [7, 11) is -3.08. The molecule has 0 aliphatic carbocycles. The lowest BCUT2D eigenvalue weighted by Gasteiger charge is -2.09. The van der Waals surface area contributed by atoms with Gasteiger partial charge in [-0.25, -0.2) is 13.1 Å². The number of hydrogen-bond donors (Lipinski definition) is 2. The van der Waals surface area contributed by atoms with Crippen molar-refractivity contribution < 1.29 is 8.42 Å². The number of sulfonamides is 1. The molecule has 0 atom stereocenters. The Kier molecular flexibility index (Phi) is 11.4. The van der Waals surface area contributed by atoms with Gasteiger partial charge in [-0.1, -0.05) is 53.4 Å². The number of unbranched alkanes of at least 4 members (excludes halogenated alkanes) is 3.